The summed E-state index contributed by atoms with van der Waals surface area (Å²) in [7, 11) is 1.65. The van der Waals surface area contributed by atoms with E-state index in [0.29, 0.717) is 25.3 Å². The van der Waals surface area contributed by atoms with Crippen molar-refractivity contribution in [1.29, 1.82) is 0 Å². The van der Waals surface area contributed by atoms with Crippen LogP contribution >= 0.6 is 0 Å². The van der Waals surface area contributed by atoms with Crippen molar-refractivity contribution in [2.75, 3.05) is 20.3 Å². The second-order valence-electron chi connectivity index (χ2n) is 13.3. The first-order valence-corrected chi connectivity index (χ1v) is 16.2. The maximum absolute atomic E-state index is 14.9. The van der Waals surface area contributed by atoms with Crippen LogP contribution < -0.4 is 14.8 Å². The average Bonchev–Trinajstić information content (AvgIpc) is 3.45. The van der Waals surface area contributed by atoms with Crippen molar-refractivity contribution >= 4 is 6.09 Å². The Balaban J connectivity index is 1.20. The van der Waals surface area contributed by atoms with Crippen molar-refractivity contribution in [2.45, 2.75) is 95.7 Å². The van der Waals surface area contributed by atoms with Gasteiger partial charge in [-0.15, -0.1) is 0 Å². The molecule has 2 atom stereocenters. The lowest BCUT2D eigenvalue weighted by Gasteiger charge is -2.34. The molecule has 1 saturated heterocycles. The molecule has 1 saturated carbocycles. The summed E-state index contributed by atoms with van der Waals surface area (Å²) >= 11 is 0. The summed E-state index contributed by atoms with van der Waals surface area (Å²) in [5.41, 5.74) is 2.01. The number of carbonyl (C=O) groups excluding carboxylic acids is 1. The Hall–Kier alpha value is -3.69. The Morgan fingerprint density at radius 1 is 0.935 bits per heavy atom. The SMILES string of the molecule is COc1ccc(CN[C@H]2CCN(C(=O)OC(C)(C)C)[C@H]2COC2CCC(c3cc(F)cc(F)c3OCc3ccccc3)CC2)cc1. The van der Waals surface area contributed by atoms with Gasteiger partial charge in [-0.1, -0.05) is 42.5 Å². The maximum atomic E-state index is 14.9. The average molecular weight is 637 g/mol. The highest BCUT2D eigenvalue weighted by Crippen LogP contribution is 2.40. The van der Waals surface area contributed by atoms with E-state index in [1.165, 1.54) is 6.07 Å². The Labute approximate surface area is 271 Å². The Morgan fingerprint density at radius 3 is 2.33 bits per heavy atom. The molecule has 0 unspecified atom stereocenters. The quantitative estimate of drug-likeness (QED) is 0.232. The molecule has 3 aromatic carbocycles. The van der Waals surface area contributed by atoms with Crippen molar-refractivity contribution < 1.29 is 32.5 Å². The van der Waals surface area contributed by atoms with Crippen molar-refractivity contribution in [2.24, 2.45) is 0 Å². The van der Waals surface area contributed by atoms with Crippen LogP contribution in [0.1, 0.15) is 75.5 Å². The fourth-order valence-corrected chi connectivity index (χ4v) is 6.38. The summed E-state index contributed by atoms with van der Waals surface area (Å²) in [6.07, 6.45) is 3.34. The zero-order chi connectivity index (χ0) is 32.7. The summed E-state index contributed by atoms with van der Waals surface area (Å²) in [5.74, 6) is -0.394. The molecule has 5 rings (SSSR count). The van der Waals surface area contributed by atoms with Crippen LogP contribution in [0.2, 0.25) is 0 Å². The van der Waals surface area contributed by atoms with E-state index in [-0.39, 0.29) is 42.6 Å². The van der Waals surface area contributed by atoms with Crippen LogP contribution in [0.4, 0.5) is 13.6 Å². The van der Waals surface area contributed by atoms with Gasteiger partial charge in [0.25, 0.3) is 0 Å². The molecule has 3 aromatic rings. The number of rotatable bonds is 11. The zero-order valence-corrected chi connectivity index (χ0v) is 27.3. The number of ether oxygens (including phenoxy) is 4. The van der Waals surface area contributed by atoms with Gasteiger partial charge in [0.05, 0.1) is 25.9 Å². The molecule has 1 aliphatic carbocycles. The molecule has 0 aromatic heterocycles. The first kappa shape index (κ1) is 33.7. The largest absolute Gasteiger partial charge is 0.497 e. The number of halogens is 2. The van der Waals surface area contributed by atoms with Crippen molar-refractivity contribution in [3.05, 3.63) is 95.1 Å². The molecular formula is C37H46F2N2O5. The minimum Gasteiger partial charge on any atom is -0.497 e. The van der Waals surface area contributed by atoms with Gasteiger partial charge in [0, 0.05) is 30.8 Å². The van der Waals surface area contributed by atoms with Crippen LogP contribution in [0.25, 0.3) is 0 Å². The van der Waals surface area contributed by atoms with Crippen LogP contribution in [0, 0.1) is 11.6 Å². The normalized spacial score (nSPS) is 21.7. The van der Waals surface area contributed by atoms with Gasteiger partial charge >= 0.3 is 6.09 Å². The Kier molecular flexibility index (Phi) is 11.2. The van der Waals surface area contributed by atoms with Gasteiger partial charge in [-0.2, -0.15) is 0 Å². The molecule has 46 heavy (non-hydrogen) atoms. The molecule has 1 aliphatic heterocycles. The highest BCUT2D eigenvalue weighted by molar-refractivity contribution is 5.69. The fraction of sp³-hybridized carbons (Fsp3) is 0.486. The van der Waals surface area contributed by atoms with Gasteiger partial charge < -0.3 is 29.2 Å². The smallest absolute Gasteiger partial charge is 0.410 e. The topological polar surface area (TPSA) is 69.3 Å². The first-order valence-electron chi connectivity index (χ1n) is 16.2. The van der Waals surface area contributed by atoms with Crippen LogP contribution in [0.15, 0.2) is 66.7 Å². The van der Waals surface area contributed by atoms with E-state index in [4.69, 9.17) is 18.9 Å². The van der Waals surface area contributed by atoms with Gasteiger partial charge in [-0.3, -0.25) is 0 Å². The molecule has 2 aliphatic rings. The number of carbonyl (C=O) groups is 1. The highest BCUT2D eigenvalue weighted by atomic mass is 19.1. The maximum Gasteiger partial charge on any atom is 0.410 e. The molecular weight excluding hydrogens is 590 g/mol. The van der Waals surface area contributed by atoms with Gasteiger partial charge in [0.1, 0.15) is 23.8 Å². The summed E-state index contributed by atoms with van der Waals surface area (Å²) in [6, 6.07) is 19.6. The van der Waals surface area contributed by atoms with Gasteiger partial charge in [0.2, 0.25) is 0 Å². The minimum atomic E-state index is -0.680. The van der Waals surface area contributed by atoms with E-state index in [0.717, 1.165) is 55.0 Å². The highest BCUT2D eigenvalue weighted by Gasteiger charge is 2.40. The number of nitrogens with zero attached hydrogens (tertiary/aromatic N) is 1. The lowest BCUT2D eigenvalue weighted by Crippen LogP contribution is -2.49. The van der Waals surface area contributed by atoms with Crippen molar-refractivity contribution in [3.63, 3.8) is 0 Å². The third-order valence-electron chi connectivity index (χ3n) is 8.78. The molecule has 7 nitrogen and oxygen atoms in total. The standard InChI is InChI=1S/C37H46F2N2O5/c1-37(2,3)46-36(42)41-19-18-33(40-22-25-10-14-29(43-4)15-11-25)34(41)24-44-30-16-12-27(13-17-30)31-20-28(38)21-32(39)35(31)45-23-26-8-6-5-7-9-26/h5-11,14-15,20-21,27,30,33-34,40H,12-13,16-19,22-24H2,1-4H3/t27?,30?,33-,34-/m0/s1. The van der Waals surface area contributed by atoms with Gasteiger partial charge in [0.15, 0.2) is 11.6 Å². The second-order valence-corrected chi connectivity index (χ2v) is 13.3. The van der Waals surface area contributed by atoms with Crippen LogP contribution in [-0.4, -0.2) is 55.0 Å². The molecule has 1 heterocycles. The molecule has 9 heteroatoms. The van der Waals surface area contributed by atoms with E-state index in [9.17, 15) is 13.6 Å². The summed E-state index contributed by atoms with van der Waals surface area (Å²) in [4.78, 5) is 15.0. The van der Waals surface area contributed by atoms with E-state index in [1.807, 2.05) is 75.4 Å². The zero-order valence-electron chi connectivity index (χ0n) is 27.3. The van der Waals surface area contributed by atoms with Gasteiger partial charge in [-0.25, -0.2) is 13.6 Å². The first-order chi connectivity index (χ1) is 22.1. The van der Waals surface area contributed by atoms with Crippen molar-refractivity contribution in [1.82, 2.24) is 10.2 Å². The fourth-order valence-electron chi connectivity index (χ4n) is 6.38. The monoisotopic (exact) mass is 636 g/mol. The number of amides is 1. The molecule has 0 spiro atoms. The molecule has 0 radical (unpaired) electrons. The van der Waals surface area contributed by atoms with Crippen molar-refractivity contribution in [3.8, 4) is 11.5 Å². The predicted octanol–water partition coefficient (Wildman–Crippen LogP) is 7.76. The summed E-state index contributed by atoms with van der Waals surface area (Å²) in [5, 5.41) is 3.63. The lowest BCUT2D eigenvalue weighted by molar-refractivity contribution is -0.0197. The van der Waals surface area contributed by atoms with E-state index in [2.05, 4.69) is 5.32 Å². The number of likely N-dealkylation sites (tertiary alicyclic amines) is 1. The Morgan fingerprint density at radius 2 is 1.65 bits per heavy atom. The molecule has 0 bridgehead atoms. The second kappa shape index (κ2) is 15.3. The number of hydrogen-bond acceptors (Lipinski definition) is 6. The molecule has 1 amide bonds. The number of methoxy groups -OCH3 is 1. The van der Waals surface area contributed by atoms with E-state index < -0.39 is 17.2 Å². The number of benzene rings is 3. The van der Waals surface area contributed by atoms with E-state index in [1.54, 1.807) is 12.0 Å². The Bertz CT molecular complexity index is 1420. The minimum absolute atomic E-state index is 0.0216. The van der Waals surface area contributed by atoms with Crippen LogP contribution in [0.5, 0.6) is 11.5 Å². The van der Waals surface area contributed by atoms with Crippen LogP contribution in [-0.2, 0) is 22.6 Å². The molecule has 2 fully saturated rings. The molecule has 1 N–H and O–H groups in total. The number of nitrogens with one attached hydrogen (secondary N) is 1. The van der Waals surface area contributed by atoms with Gasteiger partial charge in [-0.05, 0) is 88.1 Å². The number of hydrogen-bond donors (Lipinski definition) is 1. The van der Waals surface area contributed by atoms with Crippen LogP contribution in [0.3, 0.4) is 0 Å². The lowest BCUT2D eigenvalue weighted by atomic mass is 9.82. The summed E-state index contributed by atoms with van der Waals surface area (Å²) < 4.78 is 52.7. The summed E-state index contributed by atoms with van der Waals surface area (Å²) in [6.45, 7) is 7.41. The predicted molar refractivity (Wildman–Crippen MR) is 173 cm³/mol. The van der Waals surface area contributed by atoms with E-state index >= 15 is 0 Å². The third-order valence-corrected chi connectivity index (χ3v) is 8.78. The third kappa shape index (κ3) is 8.97. The molecule has 248 valence electrons.